The van der Waals surface area contributed by atoms with Crippen LogP contribution in [0.15, 0.2) is 0 Å². The molecule has 4 atom stereocenters. The van der Waals surface area contributed by atoms with Crippen molar-refractivity contribution in [3.63, 3.8) is 0 Å². The van der Waals surface area contributed by atoms with Crippen molar-refractivity contribution in [1.29, 1.82) is 0 Å². The van der Waals surface area contributed by atoms with Crippen molar-refractivity contribution in [3.05, 3.63) is 0 Å². The zero-order valence-corrected chi connectivity index (χ0v) is 17.8. The molecule has 0 aromatic carbocycles. The van der Waals surface area contributed by atoms with Gasteiger partial charge >= 0.3 is 59.1 Å². The molecule has 2 N–H and O–H groups in total. The Morgan fingerprint density at radius 2 is 1.82 bits per heavy atom. The van der Waals surface area contributed by atoms with Crippen LogP contribution < -0.4 is 63.8 Å². The third-order valence-electron chi connectivity index (χ3n) is 2.45. The molecule has 120 valence electrons. The number of ether oxygens (including phenoxy) is 2. The largest absolute Gasteiger partial charge is 1.00 e. The molecule has 0 bridgehead atoms. The smallest absolute Gasteiger partial charge is 0.735 e. The minimum absolute atomic E-state index is 0. The molecule has 1 aliphatic rings. The average molecular weight is 381 g/mol. The van der Waals surface area contributed by atoms with Crippen LogP contribution in [0.1, 0.15) is 6.42 Å². The van der Waals surface area contributed by atoms with Crippen LogP contribution in [0.5, 0.6) is 0 Å². The van der Waals surface area contributed by atoms with Gasteiger partial charge in [-0.2, -0.15) is 0 Å². The predicted octanol–water partition coefficient (Wildman–Crippen LogP) is -8.99. The van der Waals surface area contributed by atoms with Gasteiger partial charge in [-0.15, -0.1) is 0 Å². The summed E-state index contributed by atoms with van der Waals surface area (Å²) in [7, 11) is -8.65. The Kier molecular flexibility index (Phi) is 12.4. The summed E-state index contributed by atoms with van der Waals surface area (Å²) >= 11 is 0. The molecule has 0 aromatic rings. The number of aliphatic hydroxyl groups excluding tert-OH is 1. The summed E-state index contributed by atoms with van der Waals surface area (Å²) in [5.74, 6) is 0. The zero-order valence-electron chi connectivity index (χ0n) is 12.2. The van der Waals surface area contributed by atoms with Gasteiger partial charge in [-0.3, -0.25) is 4.18 Å². The van der Waals surface area contributed by atoms with E-state index in [0.29, 0.717) is 0 Å². The second kappa shape index (κ2) is 10.6. The molecule has 1 rings (SSSR count). The fourth-order valence-corrected chi connectivity index (χ4v) is 2.62. The zero-order chi connectivity index (χ0) is 15.6. The molecule has 0 aromatic heterocycles. The fourth-order valence-electron chi connectivity index (χ4n) is 1.70. The summed E-state index contributed by atoms with van der Waals surface area (Å²) in [6.45, 7) is -0.667. The molecule has 11 nitrogen and oxygen atoms in total. The van der Waals surface area contributed by atoms with E-state index in [-0.39, 0.29) is 65.5 Å². The summed E-state index contributed by atoms with van der Waals surface area (Å²) in [5.41, 5.74) is 0. The molecular weight excluding hydrogens is 368 g/mol. The van der Waals surface area contributed by atoms with Gasteiger partial charge < -0.3 is 23.7 Å². The molecule has 1 aliphatic heterocycles. The maximum atomic E-state index is 10.6. The Bertz CT molecular complexity index is 525. The van der Waals surface area contributed by atoms with Crippen molar-refractivity contribution in [2.75, 3.05) is 13.7 Å². The molecule has 0 spiro atoms. The maximum Gasteiger partial charge on any atom is 1.00 e. The Morgan fingerprint density at radius 1 is 1.27 bits per heavy atom. The molecule has 0 radical (unpaired) electrons. The van der Waals surface area contributed by atoms with Crippen LogP contribution in [0.4, 0.5) is 0 Å². The van der Waals surface area contributed by atoms with Gasteiger partial charge in [0.15, 0.2) is 16.6 Å². The van der Waals surface area contributed by atoms with Gasteiger partial charge in [0.2, 0.25) is 10.4 Å². The van der Waals surface area contributed by atoms with Crippen molar-refractivity contribution < 1.29 is 104 Å². The molecule has 0 aliphatic carbocycles. The minimum Gasteiger partial charge on any atom is -0.735 e. The number of rotatable bonds is 6. The van der Waals surface area contributed by atoms with Crippen molar-refractivity contribution in [2.45, 2.75) is 31.0 Å². The van der Waals surface area contributed by atoms with Crippen molar-refractivity contribution in [3.8, 4) is 0 Å². The first kappa shape index (κ1) is 25.9. The first-order valence-electron chi connectivity index (χ1n) is 5.21. The van der Waals surface area contributed by atoms with E-state index in [2.05, 4.69) is 4.18 Å². The van der Waals surface area contributed by atoms with E-state index in [1.807, 2.05) is 0 Å². The van der Waals surface area contributed by atoms with Gasteiger partial charge in [0, 0.05) is 13.5 Å². The van der Waals surface area contributed by atoms with Gasteiger partial charge in [-0.1, -0.05) is 0 Å². The molecule has 1 fully saturated rings. The van der Waals surface area contributed by atoms with Crippen LogP contribution in [0, 0.1) is 0 Å². The van der Waals surface area contributed by atoms with Crippen LogP contribution in [0.2, 0.25) is 0 Å². The monoisotopic (exact) mass is 381 g/mol. The normalized spacial score (nSPS) is 29.3. The summed E-state index contributed by atoms with van der Waals surface area (Å²) in [6.07, 6.45) is -4.01. The van der Waals surface area contributed by atoms with E-state index in [1.54, 1.807) is 4.72 Å². The van der Waals surface area contributed by atoms with E-state index < -0.39 is 51.8 Å². The SMILES string of the molecule is COC1OC(COS(=O)(=O)[O-])CC(O)C1NS(=O)(=O)[O-].[Na+].[Na+]. The number of nitrogens with one attached hydrogen (secondary N) is 1. The first-order chi connectivity index (χ1) is 9.02. The van der Waals surface area contributed by atoms with Crippen LogP contribution in [-0.4, -0.2) is 69.3 Å². The van der Waals surface area contributed by atoms with Gasteiger partial charge in [-0.05, 0) is 0 Å². The Morgan fingerprint density at radius 3 is 2.23 bits per heavy atom. The van der Waals surface area contributed by atoms with Gasteiger partial charge in [-0.25, -0.2) is 21.6 Å². The molecule has 1 saturated heterocycles. The number of hydrogen-bond donors (Lipinski definition) is 2. The van der Waals surface area contributed by atoms with Crippen LogP contribution in [0.3, 0.4) is 0 Å². The third kappa shape index (κ3) is 9.80. The second-order valence-electron chi connectivity index (χ2n) is 3.96. The summed E-state index contributed by atoms with van der Waals surface area (Å²) in [4.78, 5) is 0. The summed E-state index contributed by atoms with van der Waals surface area (Å²) in [5, 5.41) is 9.72. The standard InChI is InChI=1S/C7H15NO10S2.2Na/c1-16-7-6(8-19(10,11)12)5(9)2-4(18-7)3-17-20(13,14)15;;/h4-9H,2-3H2,1H3,(H,10,11,12)(H,13,14,15);;/q;2*+1/p-2. The molecule has 15 heteroatoms. The summed E-state index contributed by atoms with van der Waals surface area (Å²) in [6, 6.07) is -1.36. The fraction of sp³-hybridized carbons (Fsp3) is 1.00. The van der Waals surface area contributed by atoms with E-state index >= 15 is 0 Å². The topological polar surface area (TPSA) is 174 Å². The van der Waals surface area contributed by atoms with Gasteiger partial charge in [0.1, 0.15) is 0 Å². The Labute approximate surface area is 172 Å². The van der Waals surface area contributed by atoms with Gasteiger partial charge in [0.05, 0.1) is 24.9 Å². The first-order valence-corrected chi connectivity index (χ1v) is 7.95. The third-order valence-corrected chi connectivity index (χ3v) is 3.44. The molecular formula is C7H13NNa2O10S2. The second-order valence-corrected chi connectivity index (χ2v) is 6.15. The average Bonchev–Trinajstić information content (AvgIpc) is 2.26. The van der Waals surface area contributed by atoms with Crippen LogP contribution >= 0.6 is 0 Å². The Balaban J connectivity index is 0. The Hall–Kier alpha value is 1.62. The minimum atomic E-state index is -4.92. The maximum absolute atomic E-state index is 10.6. The van der Waals surface area contributed by atoms with Crippen LogP contribution in [-0.2, 0) is 34.4 Å². The van der Waals surface area contributed by atoms with Crippen molar-refractivity contribution >= 4 is 20.7 Å². The number of hydrogen-bond acceptors (Lipinski definition) is 10. The number of aliphatic hydroxyl groups is 1. The van der Waals surface area contributed by atoms with E-state index in [0.717, 1.165) is 7.11 Å². The quantitative estimate of drug-likeness (QED) is 0.255. The van der Waals surface area contributed by atoms with Crippen LogP contribution in [0.25, 0.3) is 0 Å². The van der Waals surface area contributed by atoms with E-state index in [9.17, 15) is 31.0 Å². The number of methoxy groups -OCH3 is 1. The molecule has 22 heavy (non-hydrogen) atoms. The summed E-state index contributed by atoms with van der Waals surface area (Å²) < 4.78 is 78.1. The predicted molar refractivity (Wildman–Crippen MR) is 58.6 cm³/mol. The van der Waals surface area contributed by atoms with E-state index in [1.165, 1.54) is 0 Å². The van der Waals surface area contributed by atoms with Crippen molar-refractivity contribution in [2.24, 2.45) is 0 Å². The molecule has 0 saturated carbocycles. The molecule has 1 heterocycles. The van der Waals surface area contributed by atoms with Crippen molar-refractivity contribution in [1.82, 2.24) is 4.72 Å². The van der Waals surface area contributed by atoms with Gasteiger partial charge in [0.25, 0.3) is 0 Å². The van der Waals surface area contributed by atoms with E-state index in [4.69, 9.17) is 9.47 Å². The molecule has 4 unspecified atom stereocenters. The molecule has 0 amide bonds.